The Bertz CT molecular complexity index is 1910. The highest BCUT2D eigenvalue weighted by Crippen LogP contribution is 2.48. The van der Waals surface area contributed by atoms with Crippen LogP contribution in [0, 0.1) is 0 Å². The quantitative estimate of drug-likeness (QED) is 0.219. The Labute approximate surface area is 319 Å². The lowest BCUT2D eigenvalue weighted by atomic mass is 9.63. The predicted octanol–water partition coefficient (Wildman–Crippen LogP) is 8.93. The van der Waals surface area contributed by atoms with E-state index >= 15 is 0 Å². The second-order valence-electron chi connectivity index (χ2n) is 18.8. The number of benzene rings is 2. The molecule has 7 nitrogen and oxygen atoms in total. The fourth-order valence-corrected chi connectivity index (χ4v) is 8.94. The standard InChI is InChI=1S/C23H32N4.C23H31N3/c1-22(2)10-11-23(3,4)19-15-16(5-6-18(19)22)20-7-12-25-21(26-20)27-13-8-17(24)9-14-27;1-22(2)8-9-23(3,4)20-15-17(5-6-19(20)22)18-7-10-25-21(16-18)26-13-11-24-12-14-26/h5-7,12,15,17H,8-11,13-14,24H2,1-4H3;5-7,10,15-16,24H,8-9,11-14H2,1-4H3. The molecule has 7 heteroatoms. The number of anilines is 2. The van der Waals surface area contributed by atoms with Gasteiger partial charge in [-0.1, -0.05) is 85.7 Å². The topological polar surface area (TPSA) is 83.2 Å². The zero-order valence-corrected chi connectivity index (χ0v) is 33.7. The maximum absolute atomic E-state index is 6.04. The molecular weight excluding hydrogens is 651 g/mol. The summed E-state index contributed by atoms with van der Waals surface area (Å²) in [7, 11) is 0. The molecule has 0 saturated carbocycles. The lowest BCUT2D eigenvalue weighted by Gasteiger charge is -2.42. The second kappa shape index (κ2) is 14.4. The first-order valence-corrected chi connectivity index (χ1v) is 20.2. The van der Waals surface area contributed by atoms with E-state index in [0.29, 0.717) is 6.04 Å². The number of pyridine rings is 1. The molecule has 0 bridgehead atoms. The summed E-state index contributed by atoms with van der Waals surface area (Å²) in [5, 5.41) is 3.41. The van der Waals surface area contributed by atoms with Crippen LogP contribution >= 0.6 is 0 Å². The van der Waals surface area contributed by atoms with Crippen LogP contribution in [0.2, 0.25) is 0 Å². The summed E-state index contributed by atoms with van der Waals surface area (Å²) in [6, 6.07) is 20.8. The monoisotopic (exact) mass is 714 g/mol. The molecule has 0 unspecified atom stereocenters. The maximum Gasteiger partial charge on any atom is 0.225 e. The van der Waals surface area contributed by atoms with Crippen LogP contribution in [0.15, 0.2) is 67.0 Å². The Hall–Kier alpha value is -3.81. The number of nitrogens with one attached hydrogen (secondary N) is 1. The van der Waals surface area contributed by atoms with Crippen LogP contribution in [0.4, 0.5) is 11.8 Å². The average molecular weight is 714 g/mol. The van der Waals surface area contributed by atoms with Crippen molar-refractivity contribution in [1.82, 2.24) is 20.3 Å². The van der Waals surface area contributed by atoms with Gasteiger partial charge >= 0.3 is 0 Å². The smallest absolute Gasteiger partial charge is 0.225 e. The Morgan fingerprint density at radius 3 is 1.68 bits per heavy atom. The third-order valence-electron chi connectivity index (χ3n) is 13.0. The van der Waals surface area contributed by atoms with Gasteiger partial charge in [-0.3, -0.25) is 0 Å². The van der Waals surface area contributed by atoms with E-state index in [0.717, 1.165) is 69.6 Å². The molecule has 4 aromatic rings. The van der Waals surface area contributed by atoms with Crippen molar-refractivity contribution in [2.75, 3.05) is 49.1 Å². The first kappa shape index (κ1) is 37.5. The summed E-state index contributed by atoms with van der Waals surface area (Å²) in [5.74, 6) is 1.93. The second-order valence-corrected chi connectivity index (χ2v) is 18.8. The van der Waals surface area contributed by atoms with Crippen molar-refractivity contribution in [2.45, 2.75) is 122 Å². The summed E-state index contributed by atoms with van der Waals surface area (Å²) in [6.07, 6.45) is 10.8. The molecule has 4 aliphatic rings. The molecule has 0 atom stereocenters. The molecule has 2 aromatic carbocycles. The van der Waals surface area contributed by atoms with Gasteiger partial charge in [-0.15, -0.1) is 0 Å². The molecule has 2 aliphatic heterocycles. The summed E-state index contributed by atoms with van der Waals surface area (Å²) in [5.41, 5.74) is 17.8. The third-order valence-corrected chi connectivity index (χ3v) is 13.0. The van der Waals surface area contributed by atoms with Crippen molar-refractivity contribution in [2.24, 2.45) is 5.73 Å². The molecule has 2 saturated heterocycles. The van der Waals surface area contributed by atoms with Gasteiger partial charge in [0, 0.05) is 63.3 Å². The number of aromatic nitrogens is 3. The zero-order chi connectivity index (χ0) is 37.6. The Morgan fingerprint density at radius 2 is 1.08 bits per heavy atom. The highest BCUT2D eigenvalue weighted by Gasteiger charge is 2.38. The summed E-state index contributed by atoms with van der Waals surface area (Å²) in [4.78, 5) is 18.7. The molecule has 282 valence electrons. The minimum atomic E-state index is 0.208. The molecule has 8 rings (SSSR count). The van der Waals surface area contributed by atoms with Crippen molar-refractivity contribution in [3.8, 4) is 22.4 Å². The molecule has 4 heterocycles. The van der Waals surface area contributed by atoms with E-state index in [1.165, 1.54) is 64.6 Å². The van der Waals surface area contributed by atoms with E-state index in [1.807, 2.05) is 18.5 Å². The van der Waals surface area contributed by atoms with E-state index in [-0.39, 0.29) is 21.7 Å². The van der Waals surface area contributed by atoms with Crippen LogP contribution in [-0.2, 0) is 21.7 Å². The highest BCUT2D eigenvalue weighted by atomic mass is 15.3. The number of piperidine rings is 1. The molecular formula is C46H63N7. The van der Waals surface area contributed by atoms with E-state index < -0.39 is 0 Å². The Kier molecular flexibility index (Phi) is 10.2. The Morgan fingerprint density at radius 1 is 0.566 bits per heavy atom. The predicted molar refractivity (Wildman–Crippen MR) is 222 cm³/mol. The van der Waals surface area contributed by atoms with Crippen LogP contribution in [0.25, 0.3) is 22.4 Å². The van der Waals surface area contributed by atoms with Crippen LogP contribution in [0.5, 0.6) is 0 Å². The molecule has 2 aliphatic carbocycles. The van der Waals surface area contributed by atoms with Gasteiger partial charge in [-0.05, 0) is 118 Å². The number of fused-ring (bicyclic) bond motifs is 2. The van der Waals surface area contributed by atoms with Crippen LogP contribution < -0.4 is 20.9 Å². The van der Waals surface area contributed by atoms with Gasteiger partial charge in [-0.2, -0.15) is 0 Å². The fraction of sp³-hybridized carbons (Fsp3) is 0.543. The fourth-order valence-electron chi connectivity index (χ4n) is 8.94. The molecule has 2 fully saturated rings. The van der Waals surface area contributed by atoms with Gasteiger partial charge in [-0.25, -0.2) is 15.0 Å². The van der Waals surface area contributed by atoms with Gasteiger partial charge in [0.15, 0.2) is 0 Å². The van der Waals surface area contributed by atoms with E-state index in [1.54, 1.807) is 0 Å². The highest BCUT2D eigenvalue weighted by molar-refractivity contribution is 5.69. The first-order valence-electron chi connectivity index (χ1n) is 20.2. The van der Waals surface area contributed by atoms with Crippen molar-refractivity contribution < 1.29 is 0 Å². The van der Waals surface area contributed by atoms with E-state index in [4.69, 9.17) is 10.7 Å². The Balaban J connectivity index is 0.000000164. The van der Waals surface area contributed by atoms with Gasteiger partial charge in [0.05, 0.1) is 5.69 Å². The van der Waals surface area contributed by atoms with Crippen LogP contribution in [0.3, 0.4) is 0 Å². The largest absolute Gasteiger partial charge is 0.354 e. The van der Waals surface area contributed by atoms with Crippen molar-refractivity contribution in [3.05, 3.63) is 89.2 Å². The lowest BCUT2D eigenvalue weighted by Crippen LogP contribution is -2.43. The van der Waals surface area contributed by atoms with Gasteiger partial charge < -0.3 is 20.9 Å². The van der Waals surface area contributed by atoms with Gasteiger partial charge in [0.25, 0.3) is 0 Å². The van der Waals surface area contributed by atoms with Crippen molar-refractivity contribution >= 4 is 11.8 Å². The van der Waals surface area contributed by atoms with Gasteiger partial charge in [0.2, 0.25) is 5.95 Å². The van der Waals surface area contributed by atoms with Crippen molar-refractivity contribution in [3.63, 3.8) is 0 Å². The number of nitrogens with two attached hydrogens (primary N) is 1. The summed E-state index contributed by atoms with van der Waals surface area (Å²) in [6.45, 7) is 25.0. The molecule has 53 heavy (non-hydrogen) atoms. The van der Waals surface area contributed by atoms with E-state index in [2.05, 4.69) is 129 Å². The molecule has 0 spiro atoms. The summed E-state index contributed by atoms with van der Waals surface area (Å²) >= 11 is 0. The zero-order valence-electron chi connectivity index (χ0n) is 33.7. The number of piperazine rings is 1. The number of hydrogen-bond acceptors (Lipinski definition) is 7. The molecule has 2 aromatic heterocycles. The molecule has 3 N–H and O–H groups in total. The average Bonchev–Trinajstić information content (AvgIpc) is 3.16. The van der Waals surface area contributed by atoms with Gasteiger partial charge in [0.1, 0.15) is 5.82 Å². The number of rotatable bonds is 4. The number of hydrogen-bond donors (Lipinski definition) is 2. The lowest BCUT2D eigenvalue weighted by molar-refractivity contribution is 0.332. The first-order chi connectivity index (χ1) is 25.1. The molecule has 0 amide bonds. The number of nitrogens with zero attached hydrogens (tertiary/aromatic N) is 5. The molecule has 0 radical (unpaired) electrons. The minimum Gasteiger partial charge on any atom is -0.354 e. The van der Waals surface area contributed by atoms with Crippen LogP contribution in [-0.4, -0.2) is 60.3 Å². The maximum atomic E-state index is 6.04. The van der Waals surface area contributed by atoms with Crippen LogP contribution in [0.1, 0.15) is 116 Å². The summed E-state index contributed by atoms with van der Waals surface area (Å²) < 4.78 is 0. The normalized spacial score (nSPS) is 21.5. The SMILES string of the molecule is CC1(C)CCC(C)(C)c2cc(-c3ccnc(N4CCC(N)CC4)n3)ccc21.CC1(C)CCC(C)(C)c2cc(-c3ccnc(N4CCNCC4)c3)ccc21. The van der Waals surface area contributed by atoms with E-state index in [9.17, 15) is 0 Å². The minimum absolute atomic E-state index is 0.208. The van der Waals surface area contributed by atoms with Crippen molar-refractivity contribution in [1.29, 1.82) is 0 Å². The third kappa shape index (κ3) is 7.88.